The molecule has 1 saturated heterocycles. The van der Waals surface area contributed by atoms with E-state index in [1.54, 1.807) is 6.92 Å². The molecular formula is C14H16N2O6. The number of carbonyl (C=O) groups is 2. The van der Waals surface area contributed by atoms with Crippen LogP contribution < -0.4 is 4.74 Å². The summed E-state index contributed by atoms with van der Waals surface area (Å²) in [6.45, 7) is 1.78. The number of hydrogen-bond donors (Lipinski definition) is 1. The summed E-state index contributed by atoms with van der Waals surface area (Å²) in [5.41, 5.74) is -0.120. The van der Waals surface area contributed by atoms with Gasteiger partial charge in [-0.1, -0.05) is 6.07 Å². The predicted molar refractivity (Wildman–Crippen MR) is 75.5 cm³/mol. The number of rotatable bonds is 5. The van der Waals surface area contributed by atoms with Crippen LogP contribution in [0.2, 0.25) is 0 Å². The molecule has 0 bridgehead atoms. The second kappa shape index (κ2) is 6.42. The van der Waals surface area contributed by atoms with E-state index in [0.717, 1.165) is 0 Å². The highest BCUT2D eigenvalue weighted by molar-refractivity contribution is 5.80. The summed E-state index contributed by atoms with van der Waals surface area (Å²) in [6, 6.07) is 5.17. The minimum Gasteiger partial charge on any atom is -0.484 e. The lowest BCUT2D eigenvalue weighted by atomic mass is 10.0. The molecule has 1 aliphatic rings. The number of likely N-dealkylation sites (tertiary alicyclic amines) is 1. The first kappa shape index (κ1) is 15.7. The maximum atomic E-state index is 12.1. The van der Waals surface area contributed by atoms with Crippen LogP contribution in [0.5, 0.6) is 5.75 Å². The van der Waals surface area contributed by atoms with Crippen molar-refractivity contribution < 1.29 is 24.4 Å². The van der Waals surface area contributed by atoms with Crippen LogP contribution >= 0.6 is 0 Å². The molecule has 0 saturated carbocycles. The fourth-order valence-electron chi connectivity index (χ4n) is 2.54. The smallest absolute Gasteiger partial charge is 0.308 e. The van der Waals surface area contributed by atoms with Crippen LogP contribution in [0.1, 0.15) is 13.3 Å². The summed E-state index contributed by atoms with van der Waals surface area (Å²) in [7, 11) is 0. The Morgan fingerprint density at radius 2 is 2.23 bits per heavy atom. The number of nitro benzene ring substituents is 1. The van der Waals surface area contributed by atoms with Gasteiger partial charge in [0.25, 0.3) is 11.6 Å². The van der Waals surface area contributed by atoms with E-state index < -0.39 is 22.9 Å². The molecule has 0 aliphatic carbocycles. The molecule has 1 N–H and O–H groups in total. The van der Waals surface area contributed by atoms with E-state index in [9.17, 15) is 19.7 Å². The Balaban J connectivity index is 1.95. The number of carboxylic acid groups (broad SMARTS) is 1. The van der Waals surface area contributed by atoms with Crippen LogP contribution in [0.15, 0.2) is 24.3 Å². The standard InChI is InChI=1S/C14H16N2O6/c1-9-12(14(18)19)5-6-15(9)13(17)8-22-11-4-2-3-10(7-11)16(20)21/h2-4,7,9,12H,5-6,8H2,1H3,(H,18,19). The van der Waals surface area contributed by atoms with Crippen LogP contribution in [-0.4, -0.2) is 46.0 Å². The first-order chi connectivity index (χ1) is 10.4. The monoisotopic (exact) mass is 308 g/mol. The van der Waals surface area contributed by atoms with Gasteiger partial charge in [0.05, 0.1) is 16.9 Å². The Hall–Kier alpha value is -2.64. The summed E-state index contributed by atoms with van der Waals surface area (Å²) in [4.78, 5) is 34.7. The summed E-state index contributed by atoms with van der Waals surface area (Å²) < 4.78 is 5.27. The Labute approximate surface area is 126 Å². The van der Waals surface area contributed by atoms with Gasteiger partial charge in [-0.05, 0) is 19.4 Å². The van der Waals surface area contributed by atoms with E-state index >= 15 is 0 Å². The third kappa shape index (κ3) is 3.33. The molecule has 0 aromatic heterocycles. The highest BCUT2D eigenvalue weighted by atomic mass is 16.6. The molecule has 0 spiro atoms. The van der Waals surface area contributed by atoms with Crippen molar-refractivity contribution in [2.45, 2.75) is 19.4 Å². The quantitative estimate of drug-likeness (QED) is 0.648. The van der Waals surface area contributed by atoms with Crippen LogP contribution in [-0.2, 0) is 9.59 Å². The fraction of sp³-hybridized carbons (Fsp3) is 0.429. The zero-order valence-corrected chi connectivity index (χ0v) is 12.0. The number of carbonyl (C=O) groups excluding carboxylic acids is 1. The van der Waals surface area contributed by atoms with Gasteiger partial charge in [-0.15, -0.1) is 0 Å². The Morgan fingerprint density at radius 3 is 2.82 bits per heavy atom. The van der Waals surface area contributed by atoms with Gasteiger partial charge in [0.1, 0.15) is 5.75 Å². The third-order valence-corrected chi connectivity index (χ3v) is 3.78. The number of benzene rings is 1. The van der Waals surface area contributed by atoms with Crippen molar-refractivity contribution >= 4 is 17.6 Å². The lowest BCUT2D eigenvalue weighted by Gasteiger charge is -2.23. The van der Waals surface area contributed by atoms with E-state index in [4.69, 9.17) is 9.84 Å². The van der Waals surface area contributed by atoms with Gasteiger partial charge in [-0.2, -0.15) is 0 Å². The number of nitrogens with zero attached hydrogens (tertiary/aromatic N) is 2. The van der Waals surface area contributed by atoms with Crippen molar-refractivity contribution in [1.82, 2.24) is 4.90 Å². The number of nitro groups is 1. The molecule has 1 fully saturated rings. The molecule has 1 aliphatic heterocycles. The summed E-state index contributed by atoms with van der Waals surface area (Å²) >= 11 is 0. The highest BCUT2D eigenvalue weighted by Crippen LogP contribution is 2.25. The zero-order chi connectivity index (χ0) is 16.3. The Bertz CT molecular complexity index is 603. The highest BCUT2D eigenvalue weighted by Gasteiger charge is 2.38. The fourth-order valence-corrected chi connectivity index (χ4v) is 2.54. The van der Waals surface area contributed by atoms with Crippen LogP contribution in [0.3, 0.4) is 0 Å². The molecule has 2 rings (SSSR count). The van der Waals surface area contributed by atoms with Crippen molar-refractivity contribution in [2.75, 3.05) is 13.2 Å². The number of hydrogen-bond acceptors (Lipinski definition) is 5. The van der Waals surface area contributed by atoms with E-state index in [0.29, 0.717) is 13.0 Å². The van der Waals surface area contributed by atoms with Gasteiger partial charge in [-0.3, -0.25) is 19.7 Å². The summed E-state index contributed by atoms with van der Waals surface area (Å²) in [5.74, 6) is -1.59. The second-order valence-electron chi connectivity index (χ2n) is 5.10. The van der Waals surface area contributed by atoms with E-state index in [1.807, 2.05) is 0 Å². The SMILES string of the molecule is CC1C(C(=O)O)CCN1C(=O)COc1cccc([N+](=O)[O-])c1. The molecule has 2 atom stereocenters. The molecule has 1 amide bonds. The number of carboxylic acids is 1. The molecule has 1 aromatic carbocycles. The van der Waals surface area contributed by atoms with Gasteiger partial charge >= 0.3 is 5.97 Å². The van der Waals surface area contributed by atoms with Gasteiger partial charge in [-0.25, -0.2) is 0 Å². The van der Waals surface area contributed by atoms with Crippen molar-refractivity contribution in [3.05, 3.63) is 34.4 Å². The van der Waals surface area contributed by atoms with Crippen molar-refractivity contribution in [3.63, 3.8) is 0 Å². The van der Waals surface area contributed by atoms with Gasteiger partial charge < -0.3 is 14.7 Å². The minimum atomic E-state index is -0.914. The molecule has 8 nitrogen and oxygen atoms in total. The number of amides is 1. The minimum absolute atomic E-state index is 0.120. The Morgan fingerprint density at radius 1 is 1.50 bits per heavy atom. The molecule has 1 heterocycles. The second-order valence-corrected chi connectivity index (χ2v) is 5.10. The lowest BCUT2D eigenvalue weighted by molar-refractivity contribution is -0.384. The summed E-state index contributed by atoms with van der Waals surface area (Å²) in [5, 5.41) is 19.7. The number of aliphatic carboxylic acids is 1. The van der Waals surface area contributed by atoms with Crippen molar-refractivity contribution in [3.8, 4) is 5.75 Å². The molecule has 1 aromatic rings. The average Bonchev–Trinajstić information content (AvgIpc) is 2.87. The zero-order valence-electron chi connectivity index (χ0n) is 12.0. The van der Waals surface area contributed by atoms with Crippen LogP contribution in [0, 0.1) is 16.0 Å². The summed E-state index contributed by atoms with van der Waals surface area (Å²) in [6.07, 6.45) is 0.416. The molecule has 22 heavy (non-hydrogen) atoms. The van der Waals surface area contributed by atoms with Gasteiger partial charge in [0.15, 0.2) is 6.61 Å². The Kier molecular flexibility index (Phi) is 4.59. The maximum Gasteiger partial charge on any atom is 0.308 e. The molecule has 2 unspecified atom stereocenters. The first-order valence-electron chi connectivity index (χ1n) is 6.79. The van der Waals surface area contributed by atoms with Crippen molar-refractivity contribution in [2.24, 2.45) is 5.92 Å². The van der Waals surface area contributed by atoms with Gasteiger partial charge in [0, 0.05) is 18.7 Å². The van der Waals surface area contributed by atoms with E-state index in [1.165, 1.54) is 29.2 Å². The predicted octanol–water partition coefficient (Wildman–Crippen LogP) is 1.30. The van der Waals surface area contributed by atoms with E-state index in [2.05, 4.69) is 0 Å². The van der Waals surface area contributed by atoms with Crippen molar-refractivity contribution in [1.29, 1.82) is 0 Å². The normalized spacial score (nSPS) is 20.7. The average molecular weight is 308 g/mol. The topological polar surface area (TPSA) is 110 Å². The van der Waals surface area contributed by atoms with Crippen LogP contribution in [0.25, 0.3) is 0 Å². The van der Waals surface area contributed by atoms with E-state index in [-0.39, 0.29) is 24.0 Å². The lowest BCUT2D eigenvalue weighted by Crippen LogP contribution is -2.40. The maximum absolute atomic E-state index is 12.1. The molecule has 118 valence electrons. The molecule has 8 heteroatoms. The van der Waals surface area contributed by atoms with Crippen LogP contribution in [0.4, 0.5) is 5.69 Å². The molecule has 0 radical (unpaired) electrons. The number of non-ortho nitro benzene ring substituents is 1. The third-order valence-electron chi connectivity index (χ3n) is 3.78. The number of ether oxygens (including phenoxy) is 1. The molecular weight excluding hydrogens is 292 g/mol. The first-order valence-corrected chi connectivity index (χ1v) is 6.79. The largest absolute Gasteiger partial charge is 0.484 e. The van der Waals surface area contributed by atoms with Gasteiger partial charge in [0.2, 0.25) is 0 Å².